The van der Waals surface area contributed by atoms with Gasteiger partial charge in [0.15, 0.2) is 6.29 Å². The van der Waals surface area contributed by atoms with E-state index in [2.05, 4.69) is 20.7 Å². The molecule has 8 heteroatoms. The third-order valence-corrected chi connectivity index (χ3v) is 5.70. The third-order valence-electron chi connectivity index (χ3n) is 2.03. The minimum atomic E-state index is -3.53. The Morgan fingerprint density at radius 2 is 1.94 bits per heavy atom. The molecule has 0 spiro atoms. The summed E-state index contributed by atoms with van der Waals surface area (Å²) in [6.45, 7) is 1.68. The summed E-state index contributed by atoms with van der Waals surface area (Å²) >= 11 is 4.37. The number of methoxy groups -OCH3 is 2. The Hall–Kier alpha value is 0.01000. The van der Waals surface area contributed by atoms with E-state index in [9.17, 15) is 8.42 Å². The second-order valence-electron chi connectivity index (χ2n) is 3.31. The lowest BCUT2D eigenvalue weighted by molar-refractivity contribution is -0.115. The molecule has 0 fully saturated rings. The van der Waals surface area contributed by atoms with E-state index in [-0.39, 0.29) is 4.21 Å². The summed E-state index contributed by atoms with van der Waals surface area (Å²) in [5.74, 6) is 0. The molecule has 0 aliphatic heterocycles. The van der Waals surface area contributed by atoms with Crippen LogP contribution in [0, 0.1) is 0 Å². The van der Waals surface area contributed by atoms with Gasteiger partial charge >= 0.3 is 0 Å². The summed E-state index contributed by atoms with van der Waals surface area (Å²) < 4.78 is 37.4. The van der Waals surface area contributed by atoms with Crippen LogP contribution in [0.2, 0.25) is 0 Å². The Morgan fingerprint density at radius 1 is 1.35 bits per heavy atom. The predicted molar refractivity (Wildman–Crippen MR) is 69.6 cm³/mol. The van der Waals surface area contributed by atoms with Gasteiger partial charge in [0.25, 0.3) is 10.0 Å². The van der Waals surface area contributed by atoms with Crippen LogP contribution in [-0.2, 0) is 19.5 Å². The molecule has 0 aliphatic rings. The predicted octanol–water partition coefficient (Wildman–Crippen LogP) is 1.80. The van der Waals surface area contributed by atoms with Crippen molar-refractivity contribution in [1.29, 1.82) is 0 Å². The molecule has 1 unspecified atom stereocenters. The maximum absolute atomic E-state index is 12.0. The first-order chi connectivity index (χ1) is 7.90. The number of thiophene rings is 1. The lowest BCUT2D eigenvalue weighted by Gasteiger charge is -2.21. The normalized spacial score (nSPS) is 14.2. The van der Waals surface area contributed by atoms with Crippen molar-refractivity contribution in [3.63, 3.8) is 0 Å². The Bertz CT molecular complexity index is 455. The fourth-order valence-corrected chi connectivity index (χ4v) is 4.56. The molecular formula is C9H14BrNO4S2. The molecule has 1 atom stereocenters. The first-order valence-electron chi connectivity index (χ1n) is 4.74. The Balaban J connectivity index is 2.80. The molecule has 0 bridgehead atoms. The number of nitrogens with one attached hydrogen (secondary N) is 1. The number of halogens is 1. The highest BCUT2D eigenvalue weighted by molar-refractivity contribution is 9.11. The highest BCUT2D eigenvalue weighted by Gasteiger charge is 2.24. The van der Waals surface area contributed by atoms with Crippen molar-refractivity contribution in [2.24, 2.45) is 0 Å². The van der Waals surface area contributed by atoms with Crippen LogP contribution < -0.4 is 4.72 Å². The topological polar surface area (TPSA) is 64.6 Å². The maximum Gasteiger partial charge on any atom is 0.250 e. The first-order valence-corrected chi connectivity index (χ1v) is 7.83. The van der Waals surface area contributed by atoms with Crippen molar-refractivity contribution in [1.82, 2.24) is 4.72 Å². The average Bonchev–Trinajstić information content (AvgIpc) is 2.66. The molecule has 98 valence electrons. The van der Waals surface area contributed by atoms with Gasteiger partial charge in [0.2, 0.25) is 0 Å². The number of rotatable bonds is 6. The summed E-state index contributed by atoms with van der Waals surface area (Å²) in [4.78, 5) is 0. The Kier molecular flexibility index (Phi) is 5.55. The van der Waals surface area contributed by atoms with Gasteiger partial charge < -0.3 is 9.47 Å². The standard InChI is InChI=1S/C9H14BrNO4S2/c1-6(9(14-2)15-3)11-17(12,13)8-5-4-7(10)16-8/h4-6,9,11H,1-3H3. The maximum atomic E-state index is 12.0. The molecule has 5 nitrogen and oxygen atoms in total. The SMILES string of the molecule is COC(OC)C(C)NS(=O)(=O)c1ccc(Br)s1. The second kappa shape index (κ2) is 6.26. The van der Waals surface area contributed by atoms with Gasteiger partial charge in [-0.25, -0.2) is 13.1 Å². The van der Waals surface area contributed by atoms with E-state index in [0.717, 1.165) is 15.1 Å². The van der Waals surface area contributed by atoms with Crippen LogP contribution in [0.5, 0.6) is 0 Å². The Labute approximate surface area is 113 Å². The van der Waals surface area contributed by atoms with Crippen molar-refractivity contribution >= 4 is 37.3 Å². The van der Waals surface area contributed by atoms with E-state index in [1.165, 1.54) is 14.2 Å². The van der Waals surface area contributed by atoms with Crippen molar-refractivity contribution in [2.45, 2.75) is 23.5 Å². The van der Waals surface area contributed by atoms with Crippen LogP contribution in [-0.4, -0.2) is 35.0 Å². The highest BCUT2D eigenvalue weighted by Crippen LogP contribution is 2.26. The van der Waals surface area contributed by atoms with Crippen molar-refractivity contribution in [3.05, 3.63) is 15.9 Å². The summed E-state index contributed by atoms with van der Waals surface area (Å²) in [7, 11) is -0.607. The molecule has 1 rings (SSSR count). The molecule has 1 heterocycles. The van der Waals surface area contributed by atoms with Gasteiger partial charge in [0, 0.05) is 14.2 Å². The molecule has 1 aromatic rings. The van der Waals surface area contributed by atoms with Gasteiger partial charge in [-0.2, -0.15) is 0 Å². The van der Waals surface area contributed by atoms with E-state index in [1.807, 2.05) is 0 Å². The second-order valence-corrected chi connectivity index (χ2v) is 7.71. The van der Waals surface area contributed by atoms with Crippen molar-refractivity contribution in [3.8, 4) is 0 Å². The van der Waals surface area contributed by atoms with Crippen LogP contribution in [0.15, 0.2) is 20.1 Å². The van der Waals surface area contributed by atoms with Gasteiger partial charge in [-0.15, -0.1) is 11.3 Å². The molecule has 1 aromatic heterocycles. The van der Waals surface area contributed by atoms with Gasteiger partial charge in [0.05, 0.1) is 9.83 Å². The molecule has 0 saturated carbocycles. The van der Waals surface area contributed by atoms with Gasteiger partial charge in [-0.3, -0.25) is 0 Å². The molecule has 17 heavy (non-hydrogen) atoms. The number of hydrogen-bond donors (Lipinski definition) is 1. The lowest BCUT2D eigenvalue weighted by atomic mass is 10.3. The van der Waals surface area contributed by atoms with Crippen LogP contribution in [0.1, 0.15) is 6.92 Å². The molecule has 0 amide bonds. The minimum absolute atomic E-state index is 0.252. The molecular weight excluding hydrogens is 330 g/mol. The fourth-order valence-electron chi connectivity index (χ4n) is 1.30. The molecule has 0 aliphatic carbocycles. The summed E-state index contributed by atoms with van der Waals surface area (Å²) in [5.41, 5.74) is 0. The number of ether oxygens (including phenoxy) is 2. The van der Waals surface area contributed by atoms with Gasteiger partial charge in [-0.1, -0.05) is 0 Å². The molecule has 0 aromatic carbocycles. The van der Waals surface area contributed by atoms with Crippen LogP contribution in [0.4, 0.5) is 0 Å². The Morgan fingerprint density at radius 3 is 2.35 bits per heavy atom. The van der Waals surface area contributed by atoms with E-state index < -0.39 is 22.4 Å². The number of hydrogen-bond acceptors (Lipinski definition) is 5. The fraction of sp³-hybridized carbons (Fsp3) is 0.556. The van der Waals surface area contributed by atoms with Crippen LogP contribution in [0.25, 0.3) is 0 Å². The highest BCUT2D eigenvalue weighted by atomic mass is 79.9. The first kappa shape index (κ1) is 15.1. The zero-order chi connectivity index (χ0) is 13.1. The molecule has 0 saturated heterocycles. The van der Waals surface area contributed by atoms with Crippen LogP contribution in [0.3, 0.4) is 0 Å². The van der Waals surface area contributed by atoms with Gasteiger partial charge in [-0.05, 0) is 35.0 Å². The number of sulfonamides is 1. The van der Waals surface area contributed by atoms with E-state index in [4.69, 9.17) is 9.47 Å². The zero-order valence-electron chi connectivity index (χ0n) is 9.64. The summed E-state index contributed by atoms with van der Waals surface area (Å²) in [6, 6.07) is 2.75. The smallest absolute Gasteiger partial charge is 0.250 e. The van der Waals surface area contributed by atoms with E-state index in [1.54, 1.807) is 19.1 Å². The zero-order valence-corrected chi connectivity index (χ0v) is 12.9. The van der Waals surface area contributed by atoms with Crippen molar-refractivity contribution < 1.29 is 17.9 Å². The average molecular weight is 344 g/mol. The third kappa shape index (κ3) is 4.01. The van der Waals surface area contributed by atoms with Crippen LogP contribution >= 0.6 is 27.3 Å². The minimum Gasteiger partial charge on any atom is -0.354 e. The quantitative estimate of drug-likeness (QED) is 0.800. The lowest BCUT2D eigenvalue weighted by Crippen LogP contribution is -2.42. The monoisotopic (exact) mass is 343 g/mol. The van der Waals surface area contributed by atoms with E-state index in [0.29, 0.717) is 0 Å². The molecule has 1 N–H and O–H groups in total. The molecule has 0 radical (unpaired) electrons. The summed E-state index contributed by atoms with van der Waals surface area (Å²) in [5, 5.41) is 0. The van der Waals surface area contributed by atoms with Gasteiger partial charge in [0.1, 0.15) is 4.21 Å². The summed E-state index contributed by atoms with van der Waals surface area (Å²) in [6.07, 6.45) is -0.617. The van der Waals surface area contributed by atoms with Crippen molar-refractivity contribution in [2.75, 3.05) is 14.2 Å². The largest absolute Gasteiger partial charge is 0.354 e. The van der Waals surface area contributed by atoms with E-state index >= 15 is 0 Å².